The van der Waals surface area contributed by atoms with Crippen molar-refractivity contribution in [2.45, 2.75) is 40.3 Å². The van der Waals surface area contributed by atoms with Crippen LogP contribution in [0, 0.1) is 0 Å². The normalized spacial score (nSPS) is 10.9. The molecular weight excluding hydrogens is 370 g/mol. The van der Waals surface area contributed by atoms with Gasteiger partial charge in [0, 0.05) is 31.3 Å². The van der Waals surface area contributed by atoms with Gasteiger partial charge in [0.05, 0.1) is 24.2 Å². The zero-order chi connectivity index (χ0) is 20.8. The van der Waals surface area contributed by atoms with Crippen LogP contribution in [-0.2, 0) is 17.9 Å². The summed E-state index contributed by atoms with van der Waals surface area (Å²) in [6.07, 6.45) is 0.189. The number of hydrogen-bond acceptors (Lipinski definition) is 4. The molecule has 0 radical (unpaired) electrons. The minimum atomic E-state index is -0.170. The SMILES string of the molecule is CCOc1ccc(NC(=O)CCn2c(=O)n(CC)c3ccccc32)cc1OCC. The van der Waals surface area contributed by atoms with E-state index in [-0.39, 0.29) is 18.0 Å². The van der Waals surface area contributed by atoms with Crippen molar-refractivity contribution in [2.75, 3.05) is 18.5 Å². The molecule has 1 aromatic heterocycles. The van der Waals surface area contributed by atoms with Crippen LogP contribution in [0.2, 0.25) is 0 Å². The molecule has 7 heteroatoms. The molecule has 0 unspecified atom stereocenters. The lowest BCUT2D eigenvalue weighted by Crippen LogP contribution is -2.25. The van der Waals surface area contributed by atoms with Gasteiger partial charge in [-0.15, -0.1) is 0 Å². The minimum absolute atomic E-state index is 0.0961. The summed E-state index contributed by atoms with van der Waals surface area (Å²) in [5.74, 6) is 1.07. The number of anilines is 1. The van der Waals surface area contributed by atoms with E-state index in [1.807, 2.05) is 45.0 Å². The molecule has 0 aliphatic rings. The Kier molecular flexibility index (Phi) is 6.59. The van der Waals surface area contributed by atoms with Crippen molar-refractivity contribution in [3.05, 3.63) is 52.9 Å². The molecule has 1 heterocycles. The Bertz CT molecular complexity index is 1050. The molecule has 7 nitrogen and oxygen atoms in total. The number of carbonyl (C=O) groups is 1. The van der Waals surface area contributed by atoms with E-state index in [0.29, 0.717) is 43.5 Å². The second-order valence-electron chi connectivity index (χ2n) is 6.49. The van der Waals surface area contributed by atoms with E-state index in [1.54, 1.807) is 27.3 Å². The van der Waals surface area contributed by atoms with Gasteiger partial charge in [-0.2, -0.15) is 0 Å². The lowest BCUT2D eigenvalue weighted by atomic mass is 10.2. The number of hydrogen-bond donors (Lipinski definition) is 1. The molecule has 1 amide bonds. The first-order chi connectivity index (χ1) is 14.1. The van der Waals surface area contributed by atoms with Crippen molar-refractivity contribution in [3.63, 3.8) is 0 Å². The third kappa shape index (κ3) is 4.45. The molecule has 0 saturated heterocycles. The topological polar surface area (TPSA) is 74.5 Å². The third-order valence-corrected chi connectivity index (χ3v) is 4.63. The van der Waals surface area contributed by atoms with Crippen molar-refractivity contribution >= 4 is 22.6 Å². The van der Waals surface area contributed by atoms with Crippen LogP contribution in [0.4, 0.5) is 5.69 Å². The first kappa shape index (κ1) is 20.5. The smallest absolute Gasteiger partial charge is 0.329 e. The van der Waals surface area contributed by atoms with E-state index in [9.17, 15) is 9.59 Å². The van der Waals surface area contributed by atoms with E-state index < -0.39 is 0 Å². The number of aromatic nitrogens is 2. The molecule has 29 heavy (non-hydrogen) atoms. The summed E-state index contributed by atoms with van der Waals surface area (Å²) in [5.41, 5.74) is 2.26. The van der Waals surface area contributed by atoms with Gasteiger partial charge in [0.15, 0.2) is 11.5 Å². The van der Waals surface area contributed by atoms with Crippen molar-refractivity contribution in [3.8, 4) is 11.5 Å². The van der Waals surface area contributed by atoms with Gasteiger partial charge < -0.3 is 14.8 Å². The van der Waals surface area contributed by atoms with E-state index in [0.717, 1.165) is 11.0 Å². The number of ether oxygens (including phenoxy) is 2. The lowest BCUT2D eigenvalue weighted by Gasteiger charge is -2.13. The average molecular weight is 397 g/mol. The van der Waals surface area contributed by atoms with Crippen LogP contribution in [0.1, 0.15) is 27.2 Å². The van der Waals surface area contributed by atoms with Crippen molar-refractivity contribution in [1.82, 2.24) is 9.13 Å². The largest absolute Gasteiger partial charge is 0.490 e. The highest BCUT2D eigenvalue weighted by Crippen LogP contribution is 2.30. The van der Waals surface area contributed by atoms with Crippen LogP contribution in [-0.4, -0.2) is 28.3 Å². The monoisotopic (exact) mass is 397 g/mol. The van der Waals surface area contributed by atoms with Gasteiger partial charge in [-0.25, -0.2) is 4.79 Å². The molecule has 0 saturated carbocycles. The quantitative estimate of drug-likeness (QED) is 0.598. The molecular formula is C22H27N3O4. The number of para-hydroxylation sites is 2. The highest BCUT2D eigenvalue weighted by molar-refractivity contribution is 5.91. The summed E-state index contributed by atoms with van der Waals surface area (Å²) in [7, 11) is 0. The molecule has 3 aromatic rings. The van der Waals surface area contributed by atoms with E-state index in [2.05, 4.69) is 5.32 Å². The molecule has 154 valence electrons. The van der Waals surface area contributed by atoms with Gasteiger partial charge in [-0.3, -0.25) is 13.9 Å². The predicted octanol–water partition coefficient (Wildman–Crippen LogP) is 3.65. The van der Waals surface area contributed by atoms with Crippen LogP contribution in [0.25, 0.3) is 11.0 Å². The number of rotatable bonds is 9. The molecule has 0 bridgehead atoms. The summed E-state index contributed by atoms with van der Waals surface area (Å²) >= 11 is 0. The van der Waals surface area contributed by atoms with Gasteiger partial charge in [0.1, 0.15) is 0 Å². The Morgan fingerprint density at radius 3 is 2.24 bits per heavy atom. The first-order valence-corrected chi connectivity index (χ1v) is 9.96. The fraction of sp³-hybridized carbons (Fsp3) is 0.364. The second kappa shape index (κ2) is 9.32. The molecule has 2 aromatic carbocycles. The van der Waals surface area contributed by atoms with Crippen LogP contribution < -0.4 is 20.5 Å². The van der Waals surface area contributed by atoms with Gasteiger partial charge in [-0.05, 0) is 45.0 Å². The zero-order valence-corrected chi connectivity index (χ0v) is 17.1. The molecule has 0 atom stereocenters. The minimum Gasteiger partial charge on any atom is -0.490 e. The number of benzene rings is 2. The van der Waals surface area contributed by atoms with Crippen molar-refractivity contribution in [1.29, 1.82) is 0 Å². The van der Waals surface area contributed by atoms with Gasteiger partial charge >= 0.3 is 5.69 Å². The highest BCUT2D eigenvalue weighted by Gasteiger charge is 2.13. The van der Waals surface area contributed by atoms with Crippen LogP contribution in [0.15, 0.2) is 47.3 Å². The summed E-state index contributed by atoms with van der Waals surface area (Å²) in [6, 6.07) is 12.9. The fourth-order valence-corrected chi connectivity index (χ4v) is 3.36. The van der Waals surface area contributed by atoms with Crippen LogP contribution in [0.3, 0.4) is 0 Å². The molecule has 0 aliphatic carbocycles. The van der Waals surface area contributed by atoms with Crippen LogP contribution in [0.5, 0.6) is 11.5 Å². The maximum absolute atomic E-state index is 12.7. The van der Waals surface area contributed by atoms with E-state index in [1.165, 1.54) is 0 Å². The number of nitrogens with one attached hydrogen (secondary N) is 1. The third-order valence-electron chi connectivity index (χ3n) is 4.63. The first-order valence-electron chi connectivity index (χ1n) is 9.96. The van der Waals surface area contributed by atoms with E-state index >= 15 is 0 Å². The van der Waals surface area contributed by atoms with Gasteiger partial charge in [-0.1, -0.05) is 12.1 Å². The maximum Gasteiger partial charge on any atom is 0.329 e. The predicted molar refractivity (Wildman–Crippen MR) is 114 cm³/mol. The zero-order valence-electron chi connectivity index (χ0n) is 17.1. The molecule has 0 fully saturated rings. The van der Waals surface area contributed by atoms with Gasteiger partial charge in [0.25, 0.3) is 0 Å². The number of amides is 1. The second-order valence-corrected chi connectivity index (χ2v) is 6.49. The fourth-order valence-electron chi connectivity index (χ4n) is 3.36. The summed E-state index contributed by atoms with van der Waals surface area (Å²) in [5, 5.41) is 2.87. The van der Waals surface area contributed by atoms with Crippen molar-refractivity contribution in [2.24, 2.45) is 0 Å². The number of carbonyl (C=O) groups excluding carboxylic acids is 1. The highest BCUT2D eigenvalue weighted by atomic mass is 16.5. The number of nitrogens with zero attached hydrogens (tertiary/aromatic N) is 2. The Morgan fingerprint density at radius 1 is 0.931 bits per heavy atom. The Hall–Kier alpha value is -3.22. The van der Waals surface area contributed by atoms with Gasteiger partial charge in [0.2, 0.25) is 5.91 Å². The average Bonchev–Trinajstić information content (AvgIpc) is 2.99. The summed E-state index contributed by atoms with van der Waals surface area (Å²) < 4.78 is 14.5. The van der Waals surface area contributed by atoms with Crippen molar-refractivity contribution < 1.29 is 14.3 Å². The molecule has 0 aliphatic heterocycles. The molecule has 0 spiro atoms. The molecule has 1 N–H and O–H groups in total. The van der Waals surface area contributed by atoms with E-state index in [4.69, 9.17) is 9.47 Å². The summed E-state index contributed by atoms with van der Waals surface area (Å²) in [6.45, 7) is 7.67. The Morgan fingerprint density at radius 2 is 1.59 bits per heavy atom. The Balaban J connectivity index is 1.72. The number of imidazole rings is 1. The Labute approximate surface area is 169 Å². The lowest BCUT2D eigenvalue weighted by molar-refractivity contribution is -0.116. The number of aryl methyl sites for hydroxylation is 2. The standard InChI is InChI=1S/C22H27N3O4/c1-4-24-17-9-7-8-10-18(17)25(22(24)27)14-13-21(26)23-16-11-12-19(28-5-2)20(15-16)29-6-3/h7-12,15H,4-6,13-14H2,1-3H3,(H,23,26). The maximum atomic E-state index is 12.7. The van der Waals surface area contributed by atoms with Crippen LogP contribution >= 0.6 is 0 Å². The number of fused-ring (bicyclic) bond motifs is 1. The molecule has 3 rings (SSSR count). The summed E-state index contributed by atoms with van der Waals surface area (Å²) in [4.78, 5) is 25.2.